The number of aromatic amines is 1. The summed E-state index contributed by atoms with van der Waals surface area (Å²) in [5.74, 6) is 2.35. The summed E-state index contributed by atoms with van der Waals surface area (Å²) in [6, 6.07) is 4.13. The normalized spacial score (nSPS) is 19.4. The summed E-state index contributed by atoms with van der Waals surface area (Å²) in [5, 5.41) is 7.35. The van der Waals surface area contributed by atoms with Gasteiger partial charge in [0, 0.05) is 44.8 Å². The van der Waals surface area contributed by atoms with Gasteiger partial charge in [0.2, 0.25) is 5.82 Å². The number of nitrogen functional groups attached to an aromatic ring is 1. The smallest absolute Gasteiger partial charge is 0.257 e. The van der Waals surface area contributed by atoms with Crippen LogP contribution in [0.5, 0.6) is 0 Å². The maximum atomic E-state index is 13.0. The number of likely N-dealkylation sites (tertiary alicyclic amines) is 1. The summed E-state index contributed by atoms with van der Waals surface area (Å²) in [7, 11) is 0. The van der Waals surface area contributed by atoms with E-state index in [1.54, 1.807) is 18.3 Å². The predicted molar refractivity (Wildman–Crippen MR) is 142 cm³/mol. The van der Waals surface area contributed by atoms with Gasteiger partial charge in [0.05, 0.1) is 17.5 Å². The van der Waals surface area contributed by atoms with Crippen molar-refractivity contribution in [1.29, 1.82) is 0 Å². The molecular formula is C25H33ClN10O. The number of pyridine rings is 1. The molecule has 11 nitrogen and oxygen atoms in total. The Bertz CT molecular complexity index is 1270. The minimum atomic E-state index is -0.0744. The molecule has 0 bridgehead atoms. The van der Waals surface area contributed by atoms with Gasteiger partial charge in [-0.2, -0.15) is 5.10 Å². The summed E-state index contributed by atoms with van der Waals surface area (Å²) in [4.78, 5) is 37.7. The maximum absolute atomic E-state index is 13.0. The zero-order chi connectivity index (χ0) is 26.1. The van der Waals surface area contributed by atoms with Crippen molar-refractivity contribution >= 4 is 29.1 Å². The molecule has 5 heterocycles. The number of halogens is 1. The highest BCUT2D eigenvalue weighted by Gasteiger charge is 2.35. The number of hydrogen-bond donors (Lipinski definition) is 2. The molecule has 196 valence electrons. The molecule has 5 rings (SSSR count). The lowest BCUT2D eigenvalue weighted by Crippen LogP contribution is -2.59. The van der Waals surface area contributed by atoms with Crippen LogP contribution in [0.15, 0.2) is 18.3 Å². The van der Waals surface area contributed by atoms with Crippen LogP contribution >= 0.6 is 11.6 Å². The highest BCUT2D eigenvalue weighted by molar-refractivity contribution is 6.29. The van der Waals surface area contributed by atoms with Gasteiger partial charge >= 0.3 is 0 Å². The molecular weight excluding hydrogens is 492 g/mol. The number of piperazine rings is 1. The van der Waals surface area contributed by atoms with Crippen molar-refractivity contribution in [3.63, 3.8) is 0 Å². The Morgan fingerprint density at radius 3 is 2.57 bits per heavy atom. The first-order valence-electron chi connectivity index (χ1n) is 12.8. The van der Waals surface area contributed by atoms with Crippen LogP contribution in [0.1, 0.15) is 48.1 Å². The van der Waals surface area contributed by atoms with Gasteiger partial charge in [-0.15, -0.1) is 0 Å². The Morgan fingerprint density at radius 2 is 1.92 bits per heavy atom. The van der Waals surface area contributed by atoms with E-state index in [1.165, 1.54) is 0 Å². The van der Waals surface area contributed by atoms with Crippen molar-refractivity contribution in [2.45, 2.75) is 52.1 Å². The number of rotatable bonds is 5. The standard InChI is InChI=1S/C25H33ClN10O/c1-4-17-14-35(24-15(2)29-20(13-28-24)23-30-16(3)32-33-23)11-12-36(17)18-7-9-34(10-8-18)25(37)19-5-6-21(26)31-22(19)27/h5-6,13,17-18H,4,7-12,14H2,1-3H3,(H2,27,31)(H,30,32,33)/t17-/m0/s1. The number of nitrogens with one attached hydrogen (secondary N) is 1. The Hall–Kier alpha value is -3.31. The third-order valence-electron chi connectivity index (χ3n) is 7.39. The molecule has 0 radical (unpaired) electrons. The van der Waals surface area contributed by atoms with E-state index in [0.29, 0.717) is 47.4 Å². The SMILES string of the molecule is CC[C@H]1CN(c2ncc(-c3n[nH]c(C)n3)nc2C)CCN1C1CCN(C(=O)c2ccc(Cl)nc2N)CC1. The number of aryl methyl sites for hydroxylation is 2. The second kappa shape index (κ2) is 10.6. The Balaban J connectivity index is 1.21. The van der Waals surface area contributed by atoms with Crippen molar-refractivity contribution in [3.8, 4) is 11.5 Å². The number of anilines is 2. The van der Waals surface area contributed by atoms with Crippen molar-refractivity contribution in [3.05, 3.63) is 40.6 Å². The van der Waals surface area contributed by atoms with Crippen LogP contribution in [0.2, 0.25) is 5.15 Å². The van der Waals surface area contributed by atoms with Crippen molar-refractivity contribution in [2.75, 3.05) is 43.4 Å². The number of nitrogens with zero attached hydrogens (tertiary/aromatic N) is 8. The lowest BCUT2D eigenvalue weighted by molar-refractivity contribution is 0.0491. The summed E-state index contributed by atoms with van der Waals surface area (Å²) in [6.45, 7) is 10.2. The van der Waals surface area contributed by atoms with Gasteiger partial charge in [0.15, 0.2) is 0 Å². The lowest BCUT2D eigenvalue weighted by Gasteiger charge is -2.47. The predicted octanol–water partition coefficient (Wildman–Crippen LogP) is 2.71. The molecule has 12 heteroatoms. The number of piperidine rings is 1. The van der Waals surface area contributed by atoms with Crippen LogP contribution in [-0.2, 0) is 0 Å². The van der Waals surface area contributed by atoms with E-state index in [4.69, 9.17) is 27.3 Å². The number of aromatic nitrogens is 6. The number of hydrogen-bond acceptors (Lipinski definition) is 9. The van der Waals surface area contributed by atoms with Gasteiger partial charge in [-0.3, -0.25) is 14.8 Å². The highest BCUT2D eigenvalue weighted by Crippen LogP contribution is 2.28. The van der Waals surface area contributed by atoms with Crippen molar-refractivity contribution in [1.82, 2.24) is 39.9 Å². The molecule has 1 amide bonds. The molecule has 2 saturated heterocycles. The van der Waals surface area contributed by atoms with Crippen LogP contribution < -0.4 is 10.6 Å². The van der Waals surface area contributed by atoms with Crippen LogP contribution in [0, 0.1) is 13.8 Å². The summed E-state index contributed by atoms with van der Waals surface area (Å²) < 4.78 is 0. The zero-order valence-electron chi connectivity index (χ0n) is 21.5. The molecule has 0 saturated carbocycles. The fourth-order valence-corrected chi connectivity index (χ4v) is 5.61. The Kier molecular flexibility index (Phi) is 7.25. The maximum Gasteiger partial charge on any atom is 0.257 e. The second-order valence-corrected chi connectivity index (χ2v) is 10.1. The first kappa shape index (κ1) is 25.3. The molecule has 0 aliphatic carbocycles. The van der Waals surface area contributed by atoms with Gasteiger partial charge in [-0.1, -0.05) is 18.5 Å². The Morgan fingerprint density at radius 1 is 1.14 bits per heavy atom. The first-order valence-corrected chi connectivity index (χ1v) is 13.2. The van der Waals surface area contributed by atoms with Gasteiger partial charge in [0.1, 0.15) is 28.3 Å². The minimum absolute atomic E-state index is 0.0744. The van der Waals surface area contributed by atoms with E-state index in [2.05, 4.69) is 36.9 Å². The van der Waals surface area contributed by atoms with E-state index in [-0.39, 0.29) is 11.7 Å². The van der Waals surface area contributed by atoms with E-state index in [9.17, 15) is 4.79 Å². The number of nitrogens with two attached hydrogens (primary N) is 1. The monoisotopic (exact) mass is 524 g/mol. The van der Waals surface area contributed by atoms with Crippen LogP contribution in [-0.4, -0.2) is 90.6 Å². The molecule has 0 spiro atoms. The zero-order valence-corrected chi connectivity index (χ0v) is 22.2. The number of amides is 1. The fourth-order valence-electron chi connectivity index (χ4n) is 5.46. The van der Waals surface area contributed by atoms with Gasteiger partial charge < -0.3 is 15.5 Å². The molecule has 1 atom stereocenters. The molecule has 3 N–H and O–H groups in total. The summed E-state index contributed by atoms with van der Waals surface area (Å²) >= 11 is 5.89. The molecule has 0 unspecified atom stereocenters. The van der Waals surface area contributed by atoms with Gasteiger partial charge in [-0.05, 0) is 45.2 Å². The van der Waals surface area contributed by atoms with Crippen LogP contribution in [0.3, 0.4) is 0 Å². The molecule has 3 aromatic rings. The summed E-state index contributed by atoms with van der Waals surface area (Å²) in [5.41, 5.74) is 7.92. The minimum Gasteiger partial charge on any atom is -0.383 e. The van der Waals surface area contributed by atoms with E-state index in [1.807, 2.05) is 18.7 Å². The van der Waals surface area contributed by atoms with E-state index in [0.717, 1.165) is 56.2 Å². The fraction of sp³-hybridized carbons (Fsp3) is 0.520. The third-order valence-corrected chi connectivity index (χ3v) is 7.60. The number of H-pyrrole nitrogens is 1. The first-order chi connectivity index (χ1) is 17.8. The quantitative estimate of drug-likeness (QED) is 0.483. The van der Waals surface area contributed by atoms with Crippen LogP contribution in [0.25, 0.3) is 11.5 Å². The lowest BCUT2D eigenvalue weighted by atomic mass is 9.97. The molecule has 0 aromatic carbocycles. The second-order valence-electron chi connectivity index (χ2n) is 9.74. The van der Waals surface area contributed by atoms with Crippen LogP contribution in [0.4, 0.5) is 11.6 Å². The summed E-state index contributed by atoms with van der Waals surface area (Å²) in [6.07, 6.45) is 4.68. The number of carbonyl (C=O) groups is 1. The van der Waals surface area contributed by atoms with Crippen molar-refractivity contribution in [2.24, 2.45) is 0 Å². The van der Waals surface area contributed by atoms with Crippen molar-refractivity contribution < 1.29 is 4.79 Å². The van der Waals surface area contributed by atoms with Gasteiger partial charge in [0.25, 0.3) is 5.91 Å². The molecule has 2 aliphatic heterocycles. The van der Waals surface area contributed by atoms with Gasteiger partial charge in [-0.25, -0.2) is 19.9 Å². The largest absolute Gasteiger partial charge is 0.383 e. The number of carbonyl (C=O) groups excluding carboxylic acids is 1. The molecule has 2 fully saturated rings. The molecule has 2 aliphatic rings. The average molecular weight is 525 g/mol. The highest BCUT2D eigenvalue weighted by atomic mass is 35.5. The third kappa shape index (κ3) is 5.24. The molecule has 37 heavy (non-hydrogen) atoms. The topological polar surface area (TPSA) is 133 Å². The molecule has 3 aromatic heterocycles. The Labute approximate surface area is 221 Å². The van der Waals surface area contributed by atoms with E-state index < -0.39 is 0 Å². The van der Waals surface area contributed by atoms with E-state index >= 15 is 0 Å². The average Bonchev–Trinajstić information content (AvgIpc) is 3.34.